The molecule has 0 aliphatic heterocycles. The first-order chi connectivity index (χ1) is 6.47. The van der Waals surface area contributed by atoms with E-state index in [1.807, 2.05) is 0 Å². The number of hydrogen-bond donors (Lipinski definition) is 1. The molecule has 0 rings (SSSR count). The SMILES string of the molecule is CCCP(CC(C)C)NC(C)C(C)C. The summed E-state index contributed by atoms with van der Waals surface area (Å²) in [5.41, 5.74) is 0. The van der Waals surface area contributed by atoms with Crippen molar-refractivity contribution in [2.45, 2.75) is 54.0 Å². The van der Waals surface area contributed by atoms with E-state index in [9.17, 15) is 0 Å². The van der Waals surface area contributed by atoms with Crippen molar-refractivity contribution in [2.24, 2.45) is 11.8 Å². The van der Waals surface area contributed by atoms with Crippen molar-refractivity contribution >= 4 is 8.07 Å². The Balaban J connectivity index is 3.94. The molecule has 14 heavy (non-hydrogen) atoms. The number of hydrogen-bond acceptors (Lipinski definition) is 1. The fraction of sp³-hybridized carbons (Fsp3) is 1.00. The van der Waals surface area contributed by atoms with Crippen molar-refractivity contribution in [3.05, 3.63) is 0 Å². The second-order valence-corrected chi connectivity index (χ2v) is 7.15. The average Bonchev–Trinajstić information content (AvgIpc) is 2.02. The monoisotopic (exact) mass is 217 g/mol. The smallest absolute Gasteiger partial charge is 0.00980 e. The second kappa shape index (κ2) is 7.65. The fourth-order valence-corrected chi connectivity index (χ4v) is 4.07. The minimum absolute atomic E-state index is 0.0779. The quantitative estimate of drug-likeness (QED) is 0.633. The fourth-order valence-electron chi connectivity index (χ4n) is 1.36. The van der Waals surface area contributed by atoms with E-state index in [0.29, 0.717) is 6.04 Å². The van der Waals surface area contributed by atoms with Crippen LogP contribution in [0.4, 0.5) is 0 Å². The summed E-state index contributed by atoms with van der Waals surface area (Å²) in [5.74, 6) is 1.59. The molecule has 0 aromatic carbocycles. The molecule has 0 aromatic heterocycles. The lowest BCUT2D eigenvalue weighted by atomic mass is 10.1. The topological polar surface area (TPSA) is 12.0 Å². The van der Waals surface area contributed by atoms with Gasteiger partial charge in [-0.3, -0.25) is 5.09 Å². The number of rotatable bonds is 7. The lowest BCUT2D eigenvalue weighted by Gasteiger charge is -2.26. The van der Waals surface area contributed by atoms with Gasteiger partial charge in [0.2, 0.25) is 0 Å². The maximum Gasteiger partial charge on any atom is 0.00980 e. The van der Waals surface area contributed by atoms with Crippen LogP contribution in [0.15, 0.2) is 0 Å². The van der Waals surface area contributed by atoms with Crippen LogP contribution in [0.1, 0.15) is 48.0 Å². The summed E-state index contributed by atoms with van der Waals surface area (Å²) in [7, 11) is 0.0779. The Labute approximate surface area is 91.9 Å². The summed E-state index contributed by atoms with van der Waals surface area (Å²) in [6.07, 6.45) is 4.07. The van der Waals surface area contributed by atoms with Crippen LogP contribution in [0, 0.1) is 11.8 Å². The third kappa shape index (κ3) is 6.79. The molecule has 1 nitrogen and oxygen atoms in total. The molecule has 0 saturated carbocycles. The van der Waals surface area contributed by atoms with Crippen molar-refractivity contribution in [1.29, 1.82) is 0 Å². The highest BCUT2D eigenvalue weighted by atomic mass is 31.1. The van der Waals surface area contributed by atoms with E-state index >= 15 is 0 Å². The summed E-state index contributed by atoms with van der Waals surface area (Å²) < 4.78 is 0. The van der Waals surface area contributed by atoms with Crippen LogP contribution in [0.3, 0.4) is 0 Å². The average molecular weight is 217 g/mol. The Morgan fingerprint density at radius 2 is 1.64 bits per heavy atom. The summed E-state index contributed by atoms with van der Waals surface area (Å²) in [5, 5.41) is 3.81. The van der Waals surface area contributed by atoms with E-state index in [1.54, 1.807) is 0 Å². The van der Waals surface area contributed by atoms with Crippen LogP contribution in [0.2, 0.25) is 0 Å². The molecule has 0 aromatic rings. The van der Waals surface area contributed by atoms with Gasteiger partial charge < -0.3 is 0 Å². The molecule has 2 atom stereocenters. The lowest BCUT2D eigenvalue weighted by Crippen LogP contribution is -2.28. The van der Waals surface area contributed by atoms with E-state index in [0.717, 1.165) is 11.8 Å². The van der Waals surface area contributed by atoms with E-state index < -0.39 is 0 Å². The molecule has 0 radical (unpaired) electrons. The lowest BCUT2D eigenvalue weighted by molar-refractivity contribution is 0.496. The second-order valence-electron chi connectivity index (χ2n) is 5.00. The molecule has 0 heterocycles. The molecule has 0 amide bonds. The Bertz CT molecular complexity index is 134. The van der Waals surface area contributed by atoms with E-state index in [1.165, 1.54) is 18.7 Å². The maximum atomic E-state index is 3.81. The minimum Gasteiger partial charge on any atom is -0.293 e. The van der Waals surface area contributed by atoms with Crippen LogP contribution in [0.25, 0.3) is 0 Å². The maximum absolute atomic E-state index is 3.81. The Morgan fingerprint density at radius 3 is 2.00 bits per heavy atom. The highest BCUT2D eigenvalue weighted by molar-refractivity contribution is 7.55. The zero-order chi connectivity index (χ0) is 11.1. The molecule has 0 aliphatic carbocycles. The first-order valence-corrected chi connectivity index (χ1v) is 7.69. The predicted octanol–water partition coefficient (Wildman–Crippen LogP) is 4.08. The standard InChI is InChI=1S/C12H28NP/c1-7-8-14(9-10(2)3)13-12(6)11(4)5/h10-13H,7-9H2,1-6H3. The summed E-state index contributed by atoms with van der Waals surface area (Å²) in [6.45, 7) is 13.9. The highest BCUT2D eigenvalue weighted by Crippen LogP contribution is 2.35. The van der Waals surface area contributed by atoms with Gasteiger partial charge in [-0.2, -0.15) is 0 Å². The Morgan fingerprint density at radius 1 is 1.07 bits per heavy atom. The van der Waals surface area contributed by atoms with Gasteiger partial charge in [-0.15, -0.1) is 0 Å². The predicted molar refractivity (Wildman–Crippen MR) is 69.2 cm³/mol. The Hall–Kier alpha value is 0.390. The van der Waals surface area contributed by atoms with E-state index in [4.69, 9.17) is 0 Å². The third-order valence-electron chi connectivity index (χ3n) is 2.47. The van der Waals surface area contributed by atoms with Crippen molar-refractivity contribution in [2.75, 3.05) is 12.3 Å². The molecule has 1 N–H and O–H groups in total. The van der Waals surface area contributed by atoms with Crippen molar-refractivity contribution in [3.8, 4) is 0 Å². The van der Waals surface area contributed by atoms with Crippen LogP contribution in [-0.2, 0) is 0 Å². The van der Waals surface area contributed by atoms with Gasteiger partial charge in [0.05, 0.1) is 0 Å². The summed E-state index contributed by atoms with van der Waals surface area (Å²) in [6, 6.07) is 0.673. The van der Waals surface area contributed by atoms with Gasteiger partial charge >= 0.3 is 0 Å². The Kier molecular flexibility index (Phi) is 7.86. The van der Waals surface area contributed by atoms with Crippen LogP contribution in [0.5, 0.6) is 0 Å². The molecule has 0 saturated heterocycles. The van der Waals surface area contributed by atoms with Crippen molar-refractivity contribution in [1.82, 2.24) is 5.09 Å². The minimum atomic E-state index is 0.0779. The summed E-state index contributed by atoms with van der Waals surface area (Å²) >= 11 is 0. The van der Waals surface area contributed by atoms with Gasteiger partial charge in [0.1, 0.15) is 0 Å². The molecule has 2 heteroatoms. The van der Waals surface area contributed by atoms with Crippen LogP contribution >= 0.6 is 8.07 Å². The highest BCUT2D eigenvalue weighted by Gasteiger charge is 2.14. The molecule has 0 spiro atoms. The van der Waals surface area contributed by atoms with E-state index in [-0.39, 0.29) is 8.07 Å². The van der Waals surface area contributed by atoms with Crippen LogP contribution in [-0.4, -0.2) is 18.4 Å². The van der Waals surface area contributed by atoms with Crippen molar-refractivity contribution in [3.63, 3.8) is 0 Å². The molecular formula is C12H28NP. The number of nitrogens with one attached hydrogen (secondary N) is 1. The van der Waals surface area contributed by atoms with Gasteiger partial charge in [0.25, 0.3) is 0 Å². The van der Waals surface area contributed by atoms with Crippen LogP contribution < -0.4 is 5.09 Å². The van der Waals surface area contributed by atoms with E-state index in [2.05, 4.69) is 46.6 Å². The largest absolute Gasteiger partial charge is 0.293 e. The summed E-state index contributed by atoms with van der Waals surface area (Å²) in [4.78, 5) is 0. The first kappa shape index (κ1) is 14.4. The van der Waals surface area contributed by atoms with Crippen molar-refractivity contribution < 1.29 is 0 Å². The zero-order valence-corrected chi connectivity index (χ0v) is 11.7. The molecule has 0 fully saturated rings. The molecular weight excluding hydrogens is 189 g/mol. The van der Waals surface area contributed by atoms with Gasteiger partial charge in [0, 0.05) is 6.04 Å². The molecule has 0 aliphatic rings. The van der Waals surface area contributed by atoms with Gasteiger partial charge in [0.15, 0.2) is 0 Å². The van der Waals surface area contributed by atoms with Gasteiger partial charge in [-0.1, -0.05) is 41.0 Å². The third-order valence-corrected chi connectivity index (χ3v) is 5.40. The first-order valence-electron chi connectivity index (χ1n) is 5.98. The normalized spacial score (nSPS) is 16.3. The zero-order valence-electron chi connectivity index (χ0n) is 10.8. The molecule has 86 valence electrons. The molecule has 2 unspecified atom stereocenters. The molecule has 0 bridgehead atoms. The van der Waals surface area contributed by atoms with Gasteiger partial charge in [-0.25, -0.2) is 0 Å². The van der Waals surface area contributed by atoms with Gasteiger partial charge in [-0.05, 0) is 39.2 Å².